The van der Waals surface area contributed by atoms with Gasteiger partial charge in [-0.3, -0.25) is 5.01 Å². The molecule has 0 bridgehead atoms. The third-order valence-electron chi connectivity index (χ3n) is 3.97. The highest BCUT2D eigenvalue weighted by Crippen LogP contribution is 2.20. The third-order valence-corrected chi connectivity index (χ3v) is 3.97. The van der Waals surface area contributed by atoms with Crippen LogP contribution in [0.2, 0.25) is 0 Å². The molecule has 0 aromatic rings. The minimum atomic E-state index is -0.436. The number of carbonyl (C=O) groups is 1. The van der Waals surface area contributed by atoms with Crippen molar-refractivity contribution in [2.45, 2.75) is 58.1 Å². The second-order valence-corrected chi connectivity index (χ2v) is 7.05. The van der Waals surface area contributed by atoms with Gasteiger partial charge in [-0.2, -0.15) is 5.10 Å². The van der Waals surface area contributed by atoms with Crippen molar-refractivity contribution in [2.24, 2.45) is 5.10 Å². The Balaban J connectivity index is 1.84. The summed E-state index contributed by atoms with van der Waals surface area (Å²) < 4.78 is 10.7. The van der Waals surface area contributed by atoms with Crippen molar-refractivity contribution in [3.8, 4) is 0 Å². The van der Waals surface area contributed by atoms with Gasteiger partial charge >= 0.3 is 6.09 Å². The second-order valence-electron chi connectivity index (χ2n) is 7.05. The first-order chi connectivity index (χ1) is 10.4. The highest BCUT2D eigenvalue weighted by Gasteiger charge is 2.27. The summed E-state index contributed by atoms with van der Waals surface area (Å²) in [6.45, 7) is 8.81. The lowest BCUT2D eigenvalue weighted by Gasteiger charge is -2.31. The fourth-order valence-corrected chi connectivity index (χ4v) is 2.87. The van der Waals surface area contributed by atoms with Gasteiger partial charge in [-0.1, -0.05) is 0 Å². The number of hydrazone groups is 1. The van der Waals surface area contributed by atoms with E-state index in [0.29, 0.717) is 19.1 Å². The van der Waals surface area contributed by atoms with Crippen LogP contribution in [0.5, 0.6) is 0 Å². The van der Waals surface area contributed by atoms with E-state index in [9.17, 15) is 4.79 Å². The fourth-order valence-electron chi connectivity index (χ4n) is 2.87. The van der Waals surface area contributed by atoms with Gasteiger partial charge in [0.2, 0.25) is 0 Å². The van der Waals surface area contributed by atoms with E-state index in [1.54, 1.807) is 12.0 Å². The predicted molar refractivity (Wildman–Crippen MR) is 86.1 cm³/mol. The molecule has 0 N–H and O–H groups in total. The normalized spacial score (nSPS) is 22.9. The lowest BCUT2D eigenvalue weighted by atomic mass is 10.1. The maximum absolute atomic E-state index is 12.0. The minimum absolute atomic E-state index is 0.218. The minimum Gasteiger partial charge on any atom is -0.444 e. The number of hydrogen-bond acceptors (Lipinski definition) is 5. The average Bonchev–Trinajstić information content (AvgIpc) is 2.85. The molecule has 2 aliphatic rings. The molecule has 0 aromatic carbocycles. The van der Waals surface area contributed by atoms with E-state index >= 15 is 0 Å². The van der Waals surface area contributed by atoms with Crippen LogP contribution in [-0.4, -0.2) is 66.7 Å². The third kappa shape index (κ3) is 4.87. The zero-order chi connectivity index (χ0) is 16.2. The van der Waals surface area contributed by atoms with Crippen LogP contribution in [0.25, 0.3) is 0 Å². The molecule has 0 aliphatic carbocycles. The molecule has 6 heteroatoms. The summed E-state index contributed by atoms with van der Waals surface area (Å²) in [5, 5.41) is 6.96. The Morgan fingerprint density at radius 3 is 2.55 bits per heavy atom. The summed E-state index contributed by atoms with van der Waals surface area (Å²) in [5.41, 5.74) is 0.747. The zero-order valence-electron chi connectivity index (χ0n) is 14.3. The molecule has 1 atom stereocenters. The highest BCUT2D eigenvalue weighted by molar-refractivity contribution is 5.86. The van der Waals surface area contributed by atoms with Crippen LogP contribution >= 0.6 is 0 Å². The first kappa shape index (κ1) is 17.1. The molecule has 0 unspecified atom stereocenters. The molecule has 0 radical (unpaired) electrons. The second kappa shape index (κ2) is 7.31. The molecule has 0 aromatic heterocycles. The summed E-state index contributed by atoms with van der Waals surface area (Å²) in [6, 6.07) is 0.404. The Bertz CT molecular complexity index is 407. The molecule has 0 spiro atoms. The molecule has 126 valence electrons. The van der Waals surface area contributed by atoms with E-state index in [1.807, 2.05) is 20.8 Å². The predicted octanol–water partition coefficient (Wildman–Crippen LogP) is 2.48. The van der Waals surface area contributed by atoms with Crippen molar-refractivity contribution >= 4 is 11.8 Å². The van der Waals surface area contributed by atoms with Gasteiger partial charge in [0.25, 0.3) is 0 Å². The van der Waals surface area contributed by atoms with Gasteiger partial charge in [0.05, 0.1) is 12.6 Å². The number of likely N-dealkylation sites (tertiary alicyclic amines) is 1. The number of nitrogens with zero attached hydrogens (tertiary/aromatic N) is 3. The molecule has 2 aliphatic heterocycles. The molecule has 2 heterocycles. The van der Waals surface area contributed by atoms with Gasteiger partial charge < -0.3 is 14.4 Å². The number of methoxy groups -OCH3 is 1. The number of carbonyl (C=O) groups excluding carboxylic acids is 1. The monoisotopic (exact) mass is 311 g/mol. The fraction of sp³-hybridized carbons (Fsp3) is 0.875. The molecule has 0 saturated carbocycles. The average molecular weight is 311 g/mol. The largest absolute Gasteiger partial charge is 0.444 e. The van der Waals surface area contributed by atoms with Gasteiger partial charge in [0, 0.05) is 45.3 Å². The van der Waals surface area contributed by atoms with Crippen LogP contribution in [-0.2, 0) is 9.47 Å². The van der Waals surface area contributed by atoms with Gasteiger partial charge in [-0.05, 0) is 33.6 Å². The molecule has 1 amide bonds. The molecule has 6 nitrogen and oxygen atoms in total. The van der Waals surface area contributed by atoms with Gasteiger partial charge in [-0.25, -0.2) is 4.79 Å². The molecule has 2 fully saturated rings. The first-order valence-electron chi connectivity index (χ1n) is 8.19. The van der Waals surface area contributed by atoms with Gasteiger partial charge in [0.1, 0.15) is 5.60 Å². The highest BCUT2D eigenvalue weighted by atomic mass is 16.6. The van der Waals surface area contributed by atoms with Gasteiger partial charge in [-0.15, -0.1) is 0 Å². The number of hydrogen-bond donors (Lipinski definition) is 0. The first-order valence-corrected chi connectivity index (χ1v) is 8.19. The summed E-state index contributed by atoms with van der Waals surface area (Å²) in [5.74, 6) is 0. The quantitative estimate of drug-likeness (QED) is 0.803. The molecule has 22 heavy (non-hydrogen) atoms. The number of piperidine rings is 1. The number of ether oxygens (including phenoxy) is 2. The van der Waals surface area contributed by atoms with Crippen molar-refractivity contribution in [3.05, 3.63) is 0 Å². The van der Waals surface area contributed by atoms with Crippen LogP contribution in [0, 0.1) is 0 Å². The lowest BCUT2D eigenvalue weighted by molar-refractivity contribution is 0.0248. The molecule has 2 rings (SSSR count). The Kier molecular flexibility index (Phi) is 5.67. The number of rotatable bonds is 3. The smallest absolute Gasteiger partial charge is 0.410 e. The Morgan fingerprint density at radius 2 is 1.95 bits per heavy atom. The molecular formula is C16H29N3O3. The topological polar surface area (TPSA) is 54.4 Å². The Morgan fingerprint density at radius 1 is 1.27 bits per heavy atom. The Labute approximate surface area is 133 Å². The van der Waals surface area contributed by atoms with E-state index in [4.69, 9.17) is 14.6 Å². The Hall–Kier alpha value is -1.30. The summed E-state index contributed by atoms with van der Waals surface area (Å²) >= 11 is 0. The van der Waals surface area contributed by atoms with Crippen molar-refractivity contribution < 1.29 is 14.3 Å². The molecular weight excluding hydrogens is 282 g/mol. The van der Waals surface area contributed by atoms with Crippen molar-refractivity contribution in [3.63, 3.8) is 0 Å². The standard InChI is InChI=1S/C16H29N3O3/c1-16(2,3)22-15(20)18-10-7-13(8-11-18)17-19-9-5-6-14(19)12-21-4/h14H,5-12H2,1-4H3/t14-/m0/s1. The maximum Gasteiger partial charge on any atom is 0.410 e. The van der Waals surface area contributed by atoms with E-state index in [0.717, 1.165) is 32.4 Å². The van der Waals surface area contributed by atoms with Crippen molar-refractivity contribution in [2.75, 3.05) is 33.4 Å². The zero-order valence-corrected chi connectivity index (χ0v) is 14.3. The van der Waals surface area contributed by atoms with Crippen LogP contribution < -0.4 is 0 Å². The summed E-state index contributed by atoms with van der Waals surface area (Å²) in [6.07, 6.45) is 3.76. The van der Waals surface area contributed by atoms with E-state index in [1.165, 1.54) is 12.1 Å². The van der Waals surface area contributed by atoms with Crippen molar-refractivity contribution in [1.82, 2.24) is 9.91 Å². The lowest BCUT2D eigenvalue weighted by Crippen LogP contribution is -2.42. The van der Waals surface area contributed by atoms with Crippen LogP contribution in [0.15, 0.2) is 5.10 Å². The summed E-state index contributed by atoms with van der Waals surface area (Å²) in [4.78, 5) is 13.8. The van der Waals surface area contributed by atoms with Crippen LogP contribution in [0.3, 0.4) is 0 Å². The SMILES string of the molecule is COC[C@@H]1CCCN1N=C1CCN(C(=O)OC(C)(C)C)CC1. The van der Waals surface area contributed by atoms with Crippen molar-refractivity contribution in [1.29, 1.82) is 0 Å². The van der Waals surface area contributed by atoms with E-state index < -0.39 is 5.60 Å². The molecule has 2 saturated heterocycles. The van der Waals surface area contributed by atoms with E-state index in [2.05, 4.69) is 5.01 Å². The van der Waals surface area contributed by atoms with Crippen LogP contribution in [0.1, 0.15) is 46.5 Å². The van der Waals surface area contributed by atoms with E-state index in [-0.39, 0.29) is 6.09 Å². The summed E-state index contributed by atoms with van der Waals surface area (Å²) in [7, 11) is 1.74. The number of amides is 1. The van der Waals surface area contributed by atoms with Crippen LogP contribution in [0.4, 0.5) is 4.79 Å². The maximum atomic E-state index is 12.0. The van der Waals surface area contributed by atoms with Gasteiger partial charge in [0.15, 0.2) is 0 Å².